The molecule has 2 heterocycles. The van der Waals surface area contributed by atoms with Crippen LogP contribution >= 0.6 is 11.8 Å². The number of nitriles is 1. The van der Waals surface area contributed by atoms with E-state index >= 15 is 0 Å². The molecule has 4 rings (SSSR count). The Kier molecular flexibility index (Phi) is 4.71. The van der Waals surface area contributed by atoms with Crippen molar-refractivity contribution in [2.45, 2.75) is 49.3 Å². The van der Waals surface area contributed by atoms with Crippen molar-refractivity contribution in [2.24, 2.45) is 0 Å². The van der Waals surface area contributed by atoms with Gasteiger partial charge in [0.1, 0.15) is 11.1 Å². The van der Waals surface area contributed by atoms with E-state index in [1.165, 1.54) is 16.7 Å². The zero-order valence-electron chi connectivity index (χ0n) is 15.1. The van der Waals surface area contributed by atoms with Crippen LogP contribution in [0.4, 0.5) is 5.69 Å². The lowest BCUT2D eigenvalue weighted by Crippen LogP contribution is -2.31. The van der Waals surface area contributed by atoms with Crippen LogP contribution in [0.15, 0.2) is 35.4 Å². The molecule has 1 aliphatic heterocycles. The number of carbonyl (C=O) groups excluding carboxylic acids is 2. The third-order valence-corrected chi connectivity index (χ3v) is 6.22. The first-order valence-corrected chi connectivity index (χ1v) is 9.98. The van der Waals surface area contributed by atoms with Crippen LogP contribution in [0.5, 0.6) is 0 Å². The van der Waals surface area contributed by atoms with Crippen molar-refractivity contribution in [3.8, 4) is 6.07 Å². The van der Waals surface area contributed by atoms with E-state index in [4.69, 9.17) is 0 Å². The fourth-order valence-electron chi connectivity index (χ4n) is 3.58. The second-order valence-electron chi connectivity index (χ2n) is 6.98. The van der Waals surface area contributed by atoms with Crippen molar-refractivity contribution in [3.05, 3.63) is 52.7 Å². The van der Waals surface area contributed by atoms with Crippen LogP contribution < -0.4 is 4.90 Å². The Hall–Kier alpha value is -2.65. The lowest BCUT2D eigenvalue weighted by molar-refractivity contribution is -0.121. The van der Waals surface area contributed by atoms with E-state index in [2.05, 4.69) is 11.1 Å². The number of imide groups is 1. The number of aryl methyl sites for hydroxylation is 3. The molecule has 1 fully saturated rings. The van der Waals surface area contributed by atoms with E-state index in [1.807, 2.05) is 25.1 Å². The number of pyridine rings is 1. The summed E-state index contributed by atoms with van der Waals surface area (Å²) in [5.74, 6) is -0.449. The van der Waals surface area contributed by atoms with Crippen LogP contribution in [0.25, 0.3) is 0 Å². The Morgan fingerprint density at radius 3 is 2.67 bits per heavy atom. The van der Waals surface area contributed by atoms with Gasteiger partial charge in [-0.15, -0.1) is 0 Å². The van der Waals surface area contributed by atoms with Crippen LogP contribution in [0.2, 0.25) is 0 Å². The van der Waals surface area contributed by atoms with Gasteiger partial charge in [-0.05, 0) is 56.4 Å². The largest absolute Gasteiger partial charge is 0.274 e. The molecule has 5 nitrogen and oxygen atoms in total. The second-order valence-corrected chi connectivity index (χ2v) is 8.17. The van der Waals surface area contributed by atoms with Crippen molar-refractivity contribution in [2.75, 3.05) is 4.90 Å². The molecule has 0 N–H and O–H groups in total. The molecule has 136 valence electrons. The Morgan fingerprint density at radius 2 is 1.93 bits per heavy atom. The number of aromatic nitrogens is 1. The molecule has 2 aliphatic rings. The van der Waals surface area contributed by atoms with E-state index < -0.39 is 5.25 Å². The molecule has 2 amide bonds. The summed E-state index contributed by atoms with van der Waals surface area (Å²) in [5, 5.41) is 9.53. The molecule has 27 heavy (non-hydrogen) atoms. The average molecular weight is 377 g/mol. The number of carbonyl (C=O) groups is 2. The number of rotatable bonds is 3. The molecule has 0 spiro atoms. The van der Waals surface area contributed by atoms with Gasteiger partial charge in [0.25, 0.3) is 0 Å². The smallest absolute Gasteiger partial charge is 0.247 e. The molecule has 0 radical (unpaired) electrons. The van der Waals surface area contributed by atoms with E-state index in [0.717, 1.165) is 42.5 Å². The predicted molar refractivity (Wildman–Crippen MR) is 104 cm³/mol. The minimum atomic E-state index is -0.542. The number of benzene rings is 1. The summed E-state index contributed by atoms with van der Waals surface area (Å²) in [5.41, 5.74) is 4.32. The van der Waals surface area contributed by atoms with Crippen LogP contribution in [0.1, 0.15) is 41.6 Å². The number of hydrogen-bond donors (Lipinski definition) is 0. The molecular weight excluding hydrogens is 358 g/mol. The zero-order valence-corrected chi connectivity index (χ0v) is 15.9. The van der Waals surface area contributed by atoms with Crippen LogP contribution in [-0.4, -0.2) is 22.0 Å². The first kappa shape index (κ1) is 17.7. The van der Waals surface area contributed by atoms with Gasteiger partial charge >= 0.3 is 0 Å². The SMILES string of the molecule is Cc1ccc(N2C(=O)C[C@@H](Sc3nc4c(cc3C#N)CCCC4)C2=O)cc1. The highest BCUT2D eigenvalue weighted by atomic mass is 32.2. The van der Waals surface area contributed by atoms with Crippen molar-refractivity contribution in [1.29, 1.82) is 5.26 Å². The van der Waals surface area contributed by atoms with Gasteiger partial charge in [0.05, 0.1) is 16.5 Å². The van der Waals surface area contributed by atoms with Crippen molar-refractivity contribution in [3.63, 3.8) is 0 Å². The molecule has 0 saturated carbocycles. The first-order chi connectivity index (χ1) is 13.1. The Morgan fingerprint density at radius 1 is 1.19 bits per heavy atom. The first-order valence-electron chi connectivity index (χ1n) is 9.10. The second kappa shape index (κ2) is 7.16. The van der Waals surface area contributed by atoms with Gasteiger partial charge in [0.2, 0.25) is 11.8 Å². The molecule has 1 aromatic carbocycles. The molecule has 1 aliphatic carbocycles. The van der Waals surface area contributed by atoms with Gasteiger partial charge in [-0.3, -0.25) is 9.59 Å². The predicted octanol–water partition coefficient (Wildman–Crippen LogP) is 3.56. The maximum Gasteiger partial charge on any atom is 0.247 e. The zero-order chi connectivity index (χ0) is 19.0. The number of hydrogen-bond acceptors (Lipinski definition) is 5. The topological polar surface area (TPSA) is 74.1 Å². The lowest BCUT2D eigenvalue weighted by Gasteiger charge is -2.18. The summed E-state index contributed by atoms with van der Waals surface area (Å²) >= 11 is 1.24. The molecule has 1 atom stereocenters. The summed E-state index contributed by atoms with van der Waals surface area (Å²) in [6.45, 7) is 1.96. The van der Waals surface area contributed by atoms with E-state index in [-0.39, 0.29) is 18.2 Å². The van der Waals surface area contributed by atoms with Gasteiger partial charge in [-0.1, -0.05) is 29.5 Å². The number of thioether (sulfide) groups is 1. The van der Waals surface area contributed by atoms with Gasteiger partial charge in [-0.2, -0.15) is 5.26 Å². The molecule has 0 bridgehead atoms. The van der Waals surface area contributed by atoms with Crippen LogP contribution in [0.3, 0.4) is 0 Å². The summed E-state index contributed by atoms with van der Waals surface area (Å²) in [7, 11) is 0. The molecule has 1 aromatic heterocycles. The fraction of sp³-hybridized carbons (Fsp3) is 0.333. The maximum absolute atomic E-state index is 12.9. The highest BCUT2D eigenvalue weighted by molar-refractivity contribution is 8.00. The standard InChI is InChI=1S/C21H19N3O2S/c1-13-6-8-16(9-7-13)24-19(25)11-18(21(24)26)27-20-15(12-22)10-14-4-2-3-5-17(14)23-20/h6-10,18H,2-5,11H2,1H3/t18-/m1/s1. The summed E-state index contributed by atoms with van der Waals surface area (Å²) in [4.78, 5) is 31.3. The quantitative estimate of drug-likeness (QED) is 0.765. The monoisotopic (exact) mass is 377 g/mol. The average Bonchev–Trinajstić information content (AvgIpc) is 2.95. The third-order valence-electron chi connectivity index (χ3n) is 5.04. The fourth-order valence-corrected chi connectivity index (χ4v) is 4.68. The molecule has 0 unspecified atom stereocenters. The van der Waals surface area contributed by atoms with Gasteiger partial charge in [-0.25, -0.2) is 9.88 Å². The highest BCUT2D eigenvalue weighted by Crippen LogP contribution is 2.36. The number of nitrogens with zero attached hydrogens (tertiary/aromatic N) is 3. The Balaban J connectivity index is 1.60. The molecule has 1 saturated heterocycles. The van der Waals surface area contributed by atoms with E-state index in [9.17, 15) is 14.9 Å². The number of anilines is 1. The van der Waals surface area contributed by atoms with Gasteiger partial charge in [0, 0.05) is 12.1 Å². The van der Waals surface area contributed by atoms with Crippen LogP contribution in [0, 0.1) is 18.3 Å². The minimum Gasteiger partial charge on any atom is -0.274 e. The normalized spacial score (nSPS) is 19.1. The molecular formula is C21H19N3O2S. The number of fused-ring (bicyclic) bond motifs is 1. The van der Waals surface area contributed by atoms with Crippen molar-refractivity contribution < 1.29 is 9.59 Å². The summed E-state index contributed by atoms with van der Waals surface area (Å²) in [6, 6.07) is 11.5. The van der Waals surface area contributed by atoms with Crippen LogP contribution in [-0.2, 0) is 22.4 Å². The maximum atomic E-state index is 12.9. The molecule has 2 aromatic rings. The van der Waals surface area contributed by atoms with Crippen molar-refractivity contribution >= 4 is 29.3 Å². The van der Waals surface area contributed by atoms with Gasteiger partial charge < -0.3 is 0 Å². The Labute approximate surface area is 162 Å². The van der Waals surface area contributed by atoms with Gasteiger partial charge in [0.15, 0.2) is 0 Å². The Bertz CT molecular complexity index is 963. The van der Waals surface area contributed by atoms with E-state index in [1.54, 1.807) is 12.1 Å². The summed E-state index contributed by atoms with van der Waals surface area (Å²) in [6.07, 6.45) is 4.19. The minimum absolute atomic E-state index is 0.126. The highest BCUT2D eigenvalue weighted by Gasteiger charge is 2.40. The lowest BCUT2D eigenvalue weighted by atomic mass is 9.95. The third kappa shape index (κ3) is 3.35. The molecule has 6 heteroatoms. The van der Waals surface area contributed by atoms with Crippen molar-refractivity contribution in [1.82, 2.24) is 4.98 Å². The number of amides is 2. The summed E-state index contributed by atoms with van der Waals surface area (Å²) < 4.78 is 0. The van der Waals surface area contributed by atoms with E-state index in [0.29, 0.717) is 16.3 Å².